The summed E-state index contributed by atoms with van der Waals surface area (Å²) in [6, 6.07) is 1.79. The normalized spacial score (nSPS) is 15.8. The lowest BCUT2D eigenvalue weighted by molar-refractivity contribution is -0.121. The number of nitrogens with zero attached hydrogens (tertiary/aromatic N) is 2. The zero-order valence-electron chi connectivity index (χ0n) is 9.27. The molecule has 0 aliphatic carbocycles. The van der Waals surface area contributed by atoms with E-state index in [9.17, 15) is 4.79 Å². The molecule has 0 atom stereocenters. The zero-order chi connectivity index (χ0) is 11.4. The predicted octanol–water partition coefficient (Wildman–Crippen LogP) is -0.313. The van der Waals surface area contributed by atoms with Crippen molar-refractivity contribution < 1.29 is 9.53 Å². The molecule has 1 aliphatic rings. The number of carbonyl (C=O) groups is 1. The number of carbonyl (C=O) groups excluding carboxylic acids is 1. The highest BCUT2D eigenvalue weighted by molar-refractivity contribution is 5.92. The lowest BCUT2D eigenvalue weighted by Gasteiger charge is -2.25. The van der Waals surface area contributed by atoms with E-state index in [0.717, 1.165) is 13.1 Å². The number of amides is 1. The Labute approximate surface area is 94.0 Å². The van der Waals surface area contributed by atoms with Crippen molar-refractivity contribution in [2.45, 2.75) is 6.54 Å². The van der Waals surface area contributed by atoms with Crippen LogP contribution in [0.2, 0.25) is 0 Å². The molecule has 88 valence electrons. The summed E-state index contributed by atoms with van der Waals surface area (Å²) >= 11 is 0. The lowest BCUT2D eigenvalue weighted by Crippen LogP contribution is -2.48. The summed E-state index contributed by atoms with van der Waals surface area (Å²) in [6.07, 6.45) is 1.83. The fourth-order valence-electron chi connectivity index (χ4n) is 1.44. The lowest BCUT2D eigenvalue weighted by atomic mass is 10.0. The van der Waals surface area contributed by atoms with Crippen LogP contribution in [0.3, 0.4) is 0 Å². The minimum atomic E-state index is 0.0377. The monoisotopic (exact) mass is 224 g/mol. The first-order valence-corrected chi connectivity index (χ1v) is 5.33. The number of ether oxygens (including phenoxy) is 1. The van der Waals surface area contributed by atoms with Gasteiger partial charge < -0.3 is 15.4 Å². The van der Waals surface area contributed by atoms with Crippen molar-refractivity contribution in [2.24, 2.45) is 5.92 Å². The van der Waals surface area contributed by atoms with Gasteiger partial charge in [0.05, 0.1) is 19.1 Å². The molecule has 0 radical (unpaired) electrons. The third kappa shape index (κ3) is 2.59. The maximum atomic E-state index is 11.6. The largest absolute Gasteiger partial charge is 0.383 e. The SMILES string of the molecule is COCCn1ccc(NC(=O)C2CNC2)n1. The topological polar surface area (TPSA) is 68.2 Å². The van der Waals surface area contributed by atoms with E-state index in [-0.39, 0.29) is 11.8 Å². The van der Waals surface area contributed by atoms with Crippen LogP contribution in [0.15, 0.2) is 12.3 Å². The molecule has 2 rings (SSSR count). The molecule has 1 saturated heterocycles. The zero-order valence-corrected chi connectivity index (χ0v) is 9.27. The van der Waals surface area contributed by atoms with Gasteiger partial charge in [0.2, 0.25) is 5.91 Å². The Morgan fingerprint density at radius 2 is 2.56 bits per heavy atom. The second-order valence-electron chi connectivity index (χ2n) is 3.80. The first-order valence-electron chi connectivity index (χ1n) is 5.33. The number of aromatic nitrogens is 2. The van der Waals surface area contributed by atoms with Crippen LogP contribution in [0.5, 0.6) is 0 Å². The summed E-state index contributed by atoms with van der Waals surface area (Å²) in [7, 11) is 1.65. The fourth-order valence-corrected chi connectivity index (χ4v) is 1.44. The third-order valence-corrected chi connectivity index (χ3v) is 2.57. The molecule has 2 N–H and O–H groups in total. The summed E-state index contributed by atoms with van der Waals surface area (Å²) in [5.41, 5.74) is 0. The molecule has 0 aromatic carbocycles. The van der Waals surface area contributed by atoms with Gasteiger partial charge in [0.1, 0.15) is 0 Å². The summed E-state index contributed by atoms with van der Waals surface area (Å²) in [5, 5.41) is 10.1. The van der Waals surface area contributed by atoms with E-state index in [4.69, 9.17) is 4.74 Å². The van der Waals surface area contributed by atoms with Gasteiger partial charge in [0.15, 0.2) is 5.82 Å². The molecule has 6 nitrogen and oxygen atoms in total. The van der Waals surface area contributed by atoms with E-state index in [1.54, 1.807) is 17.9 Å². The Balaban J connectivity index is 1.84. The fraction of sp³-hybridized carbons (Fsp3) is 0.600. The van der Waals surface area contributed by atoms with E-state index in [2.05, 4.69) is 15.7 Å². The molecular weight excluding hydrogens is 208 g/mol. The number of methoxy groups -OCH3 is 1. The molecule has 6 heteroatoms. The van der Waals surface area contributed by atoms with Crippen LogP contribution in [-0.2, 0) is 16.1 Å². The first kappa shape index (κ1) is 11.1. The molecule has 1 amide bonds. The van der Waals surface area contributed by atoms with Crippen LogP contribution in [0, 0.1) is 5.92 Å². The van der Waals surface area contributed by atoms with Gasteiger partial charge in [-0.1, -0.05) is 0 Å². The van der Waals surface area contributed by atoms with Crippen molar-refractivity contribution in [3.05, 3.63) is 12.3 Å². The van der Waals surface area contributed by atoms with Gasteiger partial charge in [0, 0.05) is 32.5 Å². The third-order valence-electron chi connectivity index (χ3n) is 2.57. The molecule has 1 aromatic heterocycles. The van der Waals surface area contributed by atoms with Gasteiger partial charge in [0.25, 0.3) is 0 Å². The maximum Gasteiger partial charge on any atom is 0.231 e. The molecule has 16 heavy (non-hydrogen) atoms. The number of hydrogen-bond acceptors (Lipinski definition) is 4. The standard InChI is InChI=1S/C10H16N4O2/c1-16-5-4-14-3-2-9(13-14)12-10(15)8-6-11-7-8/h2-3,8,11H,4-7H2,1H3,(H,12,13,15). The van der Waals surface area contributed by atoms with Gasteiger partial charge in [-0.2, -0.15) is 5.10 Å². The van der Waals surface area contributed by atoms with E-state index in [0.29, 0.717) is 19.0 Å². The second-order valence-corrected chi connectivity index (χ2v) is 3.80. The van der Waals surface area contributed by atoms with Crippen LogP contribution in [0.1, 0.15) is 0 Å². The minimum absolute atomic E-state index is 0.0377. The smallest absolute Gasteiger partial charge is 0.231 e. The van der Waals surface area contributed by atoms with Crippen molar-refractivity contribution in [2.75, 3.05) is 32.1 Å². The van der Waals surface area contributed by atoms with Crippen molar-refractivity contribution in [3.8, 4) is 0 Å². The molecule has 1 aliphatic heterocycles. The minimum Gasteiger partial charge on any atom is -0.383 e. The molecule has 1 aromatic rings. The van der Waals surface area contributed by atoms with E-state index in [1.807, 2.05) is 6.20 Å². The number of hydrogen-bond donors (Lipinski definition) is 2. The molecular formula is C10H16N4O2. The summed E-state index contributed by atoms with van der Waals surface area (Å²) in [5.74, 6) is 0.730. The second kappa shape index (κ2) is 5.09. The molecule has 0 unspecified atom stereocenters. The summed E-state index contributed by atoms with van der Waals surface area (Å²) in [4.78, 5) is 11.6. The Morgan fingerprint density at radius 1 is 1.75 bits per heavy atom. The van der Waals surface area contributed by atoms with Crippen LogP contribution in [-0.4, -0.2) is 42.5 Å². The molecule has 1 fully saturated rings. The molecule has 0 bridgehead atoms. The van der Waals surface area contributed by atoms with Crippen LogP contribution < -0.4 is 10.6 Å². The molecule has 2 heterocycles. The van der Waals surface area contributed by atoms with Crippen LogP contribution in [0.25, 0.3) is 0 Å². The van der Waals surface area contributed by atoms with E-state index >= 15 is 0 Å². The Kier molecular flexibility index (Phi) is 3.53. The van der Waals surface area contributed by atoms with Crippen molar-refractivity contribution >= 4 is 11.7 Å². The van der Waals surface area contributed by atoms with E-state index in [1.165, 1.54) is 0 Å². The van der Waals surface area contributed by atoms with Crippen molar-refractivity contribution in [1.82, 2.24) is 15.1 Å². The number of rotatable bonds is 5. The highest BCUT2D eigenvalue weighted by Gasteiger charge is 2.25. The van der Waals surface area contributed by atoms with Gasteiger partial charge >= 0.3 is 0 Å². The molecule has 0 spiro atoms. The van der Waals surface area contributed by atoms with E-state index < -0.39 is 0 Å². The van der Waals surface area contributed by atoms with Gasteiger partial charge in [-0.15, -0.1) is 0 Å². The number of nitrogens with one attached hydrogen (secondary N) is 2. The molecule has 0 saturated carbocycles. The maximum absolute atomic E-state index is 11.6. The Morgan fingerprint density at radius 3 is 3.19 bits per heavy atom. The average molecular weight is 224 g/mol. The van der Waals surface area contributed by atoms with Crippen LogP contribution in [0.4, 0.5) is 5.82 Å². The quantitative estimate of drug-likeness (QED) is 0.719. The number of anilines is 1. The summed E-state index contributed by atoms with van der Waals surface area (Å²) < 4.78 is 6.69. The van der Waals surface area contributed by atoms with Gasteiger partial charge in [-0.25, -0.2) is 0 Å². The highest BCUT2D eigenvalue weighted by atomic mass is 16.5. The highest BCUT2D eigenvalue weighted by Crippen LogP contribution is 2.08. The van der Waals surface area contributed by atoms with Crippen molar-refractivity contribution in [1.29, 1.82) is 0 Å². The predicted molar refractivity (Wildman–Crippen MR) is 59.1 cm³/mol. The van der Waals surface area contributed by atoms with Gasteiger partial charge in [-0.05, 0) is 0 Å². The summed E-state index contributed by atoms with van der Waals surface area (Å²) in [6.45, 7) is 2.82. The van der Waals surface area contributed by atoms with Gasteiger partial charge in [-0.3, -0.25) is 9.48 Å². The van der Waals surface area contributed by atoms with Crippen molar-refractivity contribution in [3.63, 3.8) is 0 Å². The average Bonchev–Trinajstić information content (AvgIpc) is 2.59. The first-order chi connectivity index (χ1) is 7.79. The Hall–Kier alpha value is -1.40. The Bertz CT molecular complexity index is 359. The van der Waals surface area contributed by atoms with Crippen LogP contribution >= 0.6 is 0 Å².